The molecule has 5 heteroatoms. The van der Waals surface area contributed by atoms with Crippen LogP contribution in [0.4, 0.5) is 0 Å². The van der Waals surface area contributed by atoms with Crippen LogP contribution in [0.3, 0.4) is 0 Å². The first-order chi connectivity index (χ1) is 10.1. The molecule has 0 fully saturated rings. The molecule has 0 amide bonds. The molecular formula is C16H17NO2S2. The first-order valence-electron chi connectivity index (χ1n) is 6.63. The van der Waals surface area contributed by atoms with Crippen LogP contribution < -0.4 is 4.74 Å². The number of thioether (sulfide) groups is 2. The van der Waals surface area contributed by atoms with Crippen LogP contribution in [0.25, 0.3) is 6.08 Å². The van der Waals surface area contributed by atoms with E-state index >= 15 is 0 Å². The summed E-state index contributed by atoms with van der Waals surface area (Å²) in [5.41, 5.74) is 2.50. The van der Waals surface area contributed by atoms with E-state index in [1.165, 1.54) is 23.5 Å². The predicted molar refractivity (Wildman–Crippen MR) is 93.0 cm³/mol. The van der Waals surface area contributed by atoms with Gasteiger partial charge in [-0.3, -0.25) is 4.79 Å². The summed E-state index contributed by atoms with van der Waals surface area (Å²) in [6.45, 7) is 8.26. The Balaban J connectivity index is 2.19. The van der Waals surface area contributed by atoms with Crippen molar-refractivity contribution in [3.63, 3.8) is 0 Å². The van der Waals surface area contributed by atoms with Gasteiger partial charge in [-0.15, -0.1) is 6.58 Å². The van der Waals surface area contributed by atoms with E-state index in [-0.39, 0.29) is 5.12 Å². The molecular weight excluding hydrogens is 302 g/mol. The van der Waals surface area contributed by atoms with Crippen molar-refractivity contribution in [1.29, 1.82) is 0 Å². The maximum absolute atomic E-state index is 11.9. The number of aryl methyl sites for hydroxylation is 1. The zero-order valence-corrected chi connectivity index (χ0v) is 13.7. The number of aliphatic imine (C=N–C) groups is 1. The number of nitrogens with zero attached hydrogens (tertiary/aromatic N) is 1. The molecule has 1 aromatic rings. The number of carbonyl (C=O) groups excluding carboxylic acids is 1. The lowest BCUT2D eigenvalue weighted by Crippen LogP contribution is -1.94. The van der Waals surface area contributed by atoms with E-state index in [0.29, 0.717) is 12.3 Å². The second-order valence-electron chi connectivity index (χ2n) is 4.35. The minimum atomic E-state index is -0.00639. The van der Waals surface area contributed by atoms with Gasteiger partial charge in [0.05, 0.1) is 6.61 Å². The van der Waals surface area contributed by atoms with E-state index in [9.17, 15) is 4.79 Å². The molecule has 3 nitrogen and oxygen atoms in total. The highest BCUT2D eigenvalue weighted by Gasteiger charge is 2.22. The topological polar surface area (TPSA) is 38.7 Å². The predicted octanol–water partition coefficient (Wildman–Crippen LogP) is 4.28. The Kier molecular flexibility index (Phi) is 5.70. The number of rotatable bonds is 5. The van der Waals surface area contributed by atoms with E-state index < -0.39 is 0 Å². The number of hydrogen-bond donors (Lipinski definition) is 0. The van der Waals surface area contributed by atoms with Gasteiger partial charge >= 0.3 is 0 Å². The van der Waals surface area contributed by atoms with Gasteiger partial charge in [0.15, 0.2) is 0 Å². The second-order valence-corrected chi connectivity index (χ2v) is 6.58. The summed E-state index contributed by atoms with van der Waals surface area (Å²) in [4.78, 5) is 16.3. The molecule has 1 aliphatic rings. The van der Waals surface area contributed by atoms with Gasteiger partial charge in [0.25, 0.3) is 0 Å². The van der Waals surface area contributed by atoms with Crippen LogP contribution >= 0.6 is 23.5 Å². The summed E-state index contributed by atoms with van der Waals surface area (Å²) in [5.74, 6) is 1.63. The van der Waals surface area contributed by atoms with Crippen molar-refractivity contribution in [3.8, 4) is 5.75 Å². The summed E-state index contributed by atoms with van der Waals surface area (Å²) in [6.07, 6.45) is 3.62. The molecule has 1 aliphatic heterocycles. The monoisotopic (exact) mass is 319 g/mol. The van der Waals surface area contributed by atoms with Crippen LogP contribution in [0, 0.1) is 6.92 Å². The largest absolute Gasteiger partial charge is 0.494 e. The van der Waals surface area contributed by atoms with Gasteiger partial charge < -0.3 is 4.74 Å². The molecule has 0 aliphatic carbocycles. The van der Waals surface area contributed by atoms with Gasteiger partial charge in [-0.05, 0) is 54.9 Å². The maximum atomic E-state index is 11.9. The lowest BCUT2D eigenvalue weighted by atomic mass is 10.1. The van der Waals surface area contributed by atoms with Crippen molar-refractivity contribution in [2.45, 2.75) is 13.8 Å². The highest BCUT2D eigenvalue weighted by Crippen LogP contribution is 2.31. The van der Waals surface area contributed by atoms with Gasteiger partial charge in [-0.2, -0.15) is 0 Å². The molecule has 110 valence electrons. The molecule has 0 N–H and O–H groups in total. The van der Waals surface area contributed by atoms with Crippen molar-refractivity contribution >= 4 is 39.1 Å². The normalized spacial score (nSPS) is 16.2. The minimum Gasteiger partial charge on any atom is -0.494 e. The summed E-state index contributed by atoms with van der Waals surface area (Å²) in [5, 5.41) is -0.00639. The van der Waals surface area contributed by atoms with Crippen LogP contribution in [0.5, 0.6) is 5.75 Å². The third-order valence-electron chi connectivity index (χ3n) is 2.73. The number of ether oxygens (including phenoxy) is 1. The van der Waals surface area contributed by atoms with Crippen molar-refractivity contribution in [3.05, 3.63) is 47.7 Å². The standard InChI is InChI=1S/C16H17NO2S2/c1-4-8-20-16-17-13(15(18)21-16)10-12-6-7-14(19-5-2)11(3)9-12/h4,6-7,9-10H,1,5,8H2,2-3H3/b13-10-. The van der Waals surface area contributed by atoms with Crippen LogP contribution in [0.2, 0.25) is 0 Å². The summed E-state index contributed by atoms with van der Waals surface area (Å²) in [7, 11) is 0. The fourth-order valence-electron chi connectivity index (χ4n) is 1.82. The molecule has 0 radical (unpaired) electrons. The molecule has 0 saturated carbocycles. The zero-order valence-electron chi connectivity index (χ0n) is 12.1. The maximum Gasteiger partial charge on any atom is 0.244 e. The van der Waals surface area contributed by atoms with Gasteiger partial charge in [0.1, 0.15) is 15.8 Å². The molecule has 0 atom stereocenters. The van der Waals surface area contributed by atoms with Crippen LogP contribution in [0.15, 0.2) is 41.5 Å². The van der Waals surface area contributed by atoms with Crippen LogP contribution in [0.1, 0.15) is 18.1 Å². The minimum absolute atomic E-state index is 0.00639. The Morgan fingerprint density at radius 3 is 2.95 bits per heavy atom. The number of hydrogen-bond acceptors (Lipinski definition) is 5. The number of benzene rings is 1. The highest BCUT2D eigenvalue weighted by atomic mass is 32.2. The van der Waals surface area contributed by atoms with Gasteiger partial charge in [0.2, 0.25) is 5.12 Å². The van der Waals surface area contributed by atoms with Crippen LogP contribution in [-0.2, 0) is 4.79 Å². The van der Waals surface area contributed by atoms with Gasteiger partial charge in [-0.25, -0.2) is 4.99 Å². The Morgan fingerprint density at radius 2 is 2.29 bits per heavy atom. The molecule has 0 bridgehead atoms. The zero-order chi connectivity index (χ0) is 15.2. The van der Waals surface area contributed by atoms with Gasteiger partial charge in [-0.1, -0.05) is 23.9 Å². The van der Waals surface area contributed by atoms with E-state index in [0.717, 1.165) is 27.0 Å². The molecule has 0 saturated heterocycles. The molecule has 2 rings (SSSR count). The van der Waals surface area contributed by atoms with Crippen molar-refractivity contribution in [1.82, 2.24) is 0 Å². The van der Waals surface area contributed by atoms with Crippen molar-refractivity contribution in [2.75, 3.05) is 12.4 Å². The smallest absolute Gasteiger partial charge is 0.244 e. The average molecular weight is 319 g/mol. The van der Waals surface area contributed by atoms with E-state index in [1.54, 1.807) is 6.08 Å². The fourth-order valence-corrected chi connectivity index (χ4v) is 3.42. The second kappa shape index (κ2) is 7.52. The molecule has 1 aromatic carbocycles. The van der Waals surface area contributed by atoms with Gasteiger partial charge in [0, 0.05) is 5.75 Å². The molecule has 0 aromatic heterocycles. The highest BCUT2D eigenvalue weighted by molar-refractivity contribution is 8.45. The number of carbonyl (C=O) groups is 1. The molecule has 0 spiro atoms. The SMILES string of the molecule is C=CCSC1=N/C(=C\c2ccc(OCC)c(C)c2)C(=O)S1. The fraction of sp³-hybridized carbons (Fsp3) is 0.250. The average Bonchev–Trinajstić information content (AvgIpc) is 2.80. The third-order valence-corrected chi connectivity index (χ3v) is 4.73. The first kappa shape index (κ1) is 15.9. The van der Waals surface area contributed by atoms with E-state index in [4.69, 9.17) is 4.74 Å². The van der Waals surface area contributed by atoms with E-state index in [1.807, 2.05) is 38.1 Å². The lowest BCUT2D eigenvalue weighted by molar-refractivity contribution is -0.107. The quantitative estimate of drug-likeness (QED) is 0.600. The van der Waals surface area contributed by atoms with E-state index in [2.05, 4.69) is 11.6 Å². The lowest BCUT2D eigenvalue weighted by Gasteiger charge is -2.07. The summed E-state index contributed by atoms with van der Waals surface area (Å²) < 4.78 is 6.30. The Morgan fingerprint density at radius 1 is 1.48 bits per heavy atom. The molecule has 1 heterocycles. The summed E-state index contributed by atoms with van der Waals surface area (Å²) >= 11 is 2.71. The third kappa shape index (κ3) is 4.25. The summed E-state index contributed by atoms with van der Waals surface area (Å²) in [6, 6.07) is 5.86. The molecule has 21 heavy (non-hydrogen) atoms. The first-order valence-corrected chi connectivity index (χ1v) is 8.44. The Hall–Kier alpha value is -1.46. The Labute approximate surface area is 133 Å². The van der Waals surface area contributed by atoms with Crippen molar-refractivity contribution in [2.24, 2.45) is 4.99 Å². The molecule has 0 unspecified atom stereocenters. The Bertz CT molecular complexity index is 621. The van der Waals surface area contributed by atoms with Crippen LogP contribution in [-0.4, -0.2) is 21.9 Å². The van der Waals surface area contributed by atoms with Crippen molar-refractivity contribution < 1.29 is 9.53 Å².